The van der Waals surface area contributed by atoms with E-state index in [1.165, 1.54) is 15.7 Å². The normalized spacial score (nSPS) is 14.2. The summed E-state index contributed by atoms with van der Waals surface area (Å²) < 4.78 is 1.83. The number of nitrogens with two attached hydrogens (primary N) is 1. The fraction of sp³-hybridized carbons (Fsp3) is 0.0741. The number of H-pyrrole nitrogens is 1. The lowest BCUT2D eigenvalue weighted by Crippen LogP contribution is -2.19. The lowest BCUT2D eigenvalue weighted by atomic mass is 9.96. The molecular formula is C27H16Cl2N6O2S. The Morgan fingerprint density at radius 3 is 2.39 bits per heavy atom. The number of hydrogen-bond acceptors (Lipinski definition) is 7. The van der Waals surface area contributed by atoms with Crippen molar-refractivity contribution in [3.63, 3.8) is 0 Å². The highest BCUT2D eigenvalue weighted by Crippen LogP contribution is 2.41. The Bertz CT molecular complexity index is 2090. The molecule has 0 radical (unpaired) electrons. The van der Waals surface area contributed by atoms with E-state index < -0.39 is 5.69 Å². The maximum atomic E-state index is 14.1. The van der Waals surface area contributed by atoms with Crippen LogP contribution < -0.4 is 17.0 Å². The van der Waals surface area contributed by atoms with Gasteiger partial charge in [0.15, 0.2) is 11.3 Å². The second kappa shape index (κ2) is 8.49. The molecule has 3 N–H and O–H groups in total. The molecule has 0 spiro atoms. The summed E-state index contributed by atoms with van der Waals surface area (Å²) in [4.78, 5) is 42.7. The molecule has 186 valence electrons. The number of rotatable bonds is 2. The van der Waals surface area contributed by atoms with Gasteiger partial charge in [-0.2, -0.15) is 9.97 Å². The predicted molar refractivity (Wildman–Crippen MR) is 153 cm³/mol. The minimum Gasteiger partial charge on any atom is -0.384 e. The monoisotopic (exact) mass is 558 g/mol. The number of allylic oxidation sites excluding steroid dienone is 1. The van der Waals surface area contributed by atoms with Crippen LogP contribution in [0.3, 0.4) is 0 Å². The molecule has 38 heavy (non-hydrogen) atoms. The van der Waals surface area contributed by atoms with Crippen molar-refractivity contribution in [2.75, 3.05) is 5.73 Å². The highest BCUT2D eigenvalue weighted by molar-refractivity contribution is 7.24. The molecule has 0 bridgehead atoms. The minimum absolute atomic E-state index is 0.139. The number of aromatic amines is 1. The molecule has 0 saturated heterocycles. The Morgan fingerprint density at radius 1 is 0.947 bits per heavy atom. The average Bonchev–Trinajstić information content (AvgIpc) is 3.46. The van der Waals surface area contributed by atoms with Gasteiger partial charge in [0.1, 0.15) is 10.5 Å². The van der Waals surface area contributed by atoms with E-state index >= 15 is 0 Å². The Hall–Kier alpha value is -4.05. The van der Waals surface area contributed by atoms with Crippen LogP contribution in [0.4, 0.5) is 5.82 Å². The van der Waals surface area contributed by atoms with Crippen molar-refractivity contribution in [2.45, 2.75) is 12.8 Å². The molecule has 6 aromatic rings. The average molecular weight is 559 g/mol. The van der Waals surface area contributed by atoms with Crippen LogP contribution in [0.5, 0.6) is 0 Å². The summed E-state index contributed by atoms with van der Waals surface area (Å²) in [7, 11) is 0. The Labute approximate surface area is 228 Å². The van der Waals surface area contributed by atoms with Crippen LogP contribution in [0.25, 0.3) is 49.1 Å². The van der Waals surface area contributed by atoms with E-state index in [1.54, 1.807) is 12.1 Å². The smallest absolute Gasteiger partial charge is 0.348 e. The molecular weight excluding hydrogens is 543 g/mol. The number of nitrogens with zero attached hydrogens (tertiary/aromatic N) is 4. The summed E-state index contributed by atoms with van der Waals surface area (Å²) in [5.41, 5.74) is 11.0. The van der Waals surface area contributed by atoms with Gasteiger partial charge in [-0.1, -0.05) is 58.8 Å². The van der Waals surface area contributed by atoms with Crippen molar-refractivity contribution in [3.8, 4) is 11.1 Å². The van der Waals surface area contributed by atoms with Crippen LogP contribution in [-0.2, 0) is 6.42 Å². The van der Waals surface area contributed by atoms with Crippen LogP contribution in [0.1, 0.15) is 23.2 Å². The second-order valence-corrected chi connectivity index (χ2v) is 10.8. The molecule has 0 atom stereocenters. The third kappa shape index (κ3) is 3.54. The fourth-order valence-electron chi connectivity index (χ4n) is 5.02. The van der Waals surface area contributed by atoms with E-state index in [-0.39, 0.29) is 17.0 Å². The largest absolute Gasteiger partial charge is 0.384 e. The topological polar surface area (TPSA) is 119 Å². The fourth-order valence-corrected chi connectivity index (χ4v) is 6.24. The van der Waals surface area contributed by atoms with Gasteiger partial charge < -0.3 is 5.73 Å². The molecule has 0 saturated carbocycles. The molecule has 4 aromatic heterocycles. The SMILES string of the molecule is Nc1[nH]c(=O)nc2c1sc1nc3nc4c(c(-c5ccc(Cl)cc5)c3c(=O)n12)CC/C4=C\c1ccc(Cl)cc1. The van der Waals surface area contributed by atoms with E-state index in [0.717, 1.165) is 39.9 Å². The van der Waals surface area contributed by atoms with Gasteiger partial charge in [-0.3, -0.25) is 9.78 Å². The summed E-state index contributed by atoms with van der Waals surface area (Å²) in [5.74, 6) is 0.139. The van der Waals surface area contributed by atoms with Crippen LogP contribution >= 0.6 is 34.5 Å². The van der Waals surface area contributed by atoms with Crippen molar-refractivity contribution in [1.29, 1.82) is 0 Å². The Morgan fingerprint density at radius 2 is 1.66 bits per heavy atom. The van der Waals surface area contributed by atoms with Gasteiger partial charge in [0.05, 0.1) is 11.1 Å². The Balaban J connectivity index is 1.60. The number of thiazole rings is 1. The number of benzene rings is 2. The van der Waals surface area contributed by atoms with Crippen LogP contribution in [0.2, 0.25) is 10.0 Å². The van der Waals surface area contributed by atoms with Gasteiger partial charge in [-0.25, -0.2) is 14.2 Å². The molecule has 8 nitrogen and oxygen atoms in total. The molecule has 11 heteroatoms. The zero-order valence-electron chi connectivity index (χ0n) is 19.5. The first kappa shape index (κ1) is 23.1. The summed E-state index contributed by atoms with van der Waals surface area (Å²) in [5, 5.41) is 1.62. The van der Waals surface area contributed by atoms with Crippen molar-refractivity contribution in [3.05, 3.63) is 96.2 Å². The second-order valence-electron chi connectivity index (χ2n) is 8.99. The molecule has 2 aromatic carbocycles. The van der Waals surface area contributed by atoms with Gasteiger partial charge >= 0.3 is 5.69 Å². The van der Waals surface area contributed by atoms with Gasteiger partial charge in [-0.05, 0) is 65.4 Å². The van der Waals surface area contributed by atoms with Gasteiger partial charge in [0.2, 0.25) is 4.96 Å². The molecule has 0 amide bonds. The molecule has 0 fully saturated rings. The number of aromatic nitrogens is 5. The quantitative estimate of drug-likeness (QED) is 0.286. The number of hydrogen-bond donors (Lipinski definition) is 2. The van der Waals surface area contributed by atoms with E-state index in [2.05, 4.69) is 16.0 Å². The lowest BCUT2D eigenvalue weighted by Gasteiger charge is -2.13. The van der Waals surface area contributed by atoms with Crippen molar-refractivity contribution >= 4 is 78.3 Å². The number of halogens is 2. The first-order valence-corrected chi connectivity index (χ1v) is 13.2. The summed E-state index contributed by atoms with van der Waals surface area (Å²) in [6.45, 7) is 0. The molecule has 1 aliphatic carbocycles. The summed E-state index contributed by atoms with van der Waals surface area (Å²) in [6.07, 6.45) is 3.55. The minimum atomic E-state index is -0.635. The van der Waals surface area contributed by atoms with Crippen molar-refractivity contribution in [1.82, 2.24) is 24.3 Å². The van der Waals surface area contributed by atoms with E-state index in [0.29, 0.717) is 37.2 Å². The number of nitrogens with one attached hydrogen (secondary N) is 1. The molecule has 4 heterocycles. The predicted octanol–water partition coefficient (Wildman–Crippen LogP) is 5.58. The number of pyridine rings is 1. The summed E-state index contributed by atoms with van der Waals surface area (Å²) in [6, 6.07) is 15.0. The number of nitrogen functional groups attached to an aromatic ring is 1. The van der Waals surface area contributed by atoms with Gasteiger partial charge in [-0.15, -0.1) is 0 Å². The molecule has 0 aliphatic heterocycles. The maximum absolute atomic E-state index is 14.1. The highest BCUT2D eigenvalue weighted by Gasteiger charge is 2.28. The lowest BCUT2D eigenvalue weighted by molar-refractivity contribution is 1.05. The molecule has 1 aliphatic rings. The van der Waals surface area contributed by atoms with E-state index in [1.807, 2.05) is 36.4 Å². The first-order chi connectivity index (χ1) is 18.4. The molecule has 7 rings (SSSR count). The van der Waals surface area contributed by atoms with E-state index in [4.69, 9.17) is 38.9 Å². The standard InChI is InChI=1S/C27H16Cl2N6O2S/c28-15-6-1-12(2-7-15)11-14-5-10-17-18(13-3-8-16(29)9-4-13)19-23(31-20(14)17)33-27-35(25(19)36)24-21(38-27)22(30)32-26(37)34-24/h1-4,6-9,11H,5,10H2,(H3,30,32,34,37)/b14-11+. The third-order valence-electron chi connectivity index (χ3n) is 6.68. The van der Waals surface area contributed by atoms with Crippen LogP contribution in [-0.4, -0.2) is 24.3 Å². The third-order valence-corrected chi connectivity index (χ3v) is 8.25. The zero-order chi connectivity index (χ0) is 26.1. The summed E-state index contributed by atoms with van der Waals surface area (Å²) >= 11 is 13.4. The Kier molecular flexibility index (Phi) is 5.16. The van der Waals surface area contributed by atoms with Crippen molar-refractivity contribution in [2.24, 2.45) is 0 Å². The number of anilines is 1. The van der Waals surface area contributed by atoms with Gasteiger partial charge in [0.25, 0.3) is 5.56 Å². The zero-order valence-corrected chi connectivity index (χ0v) is 21.8. The van der Waals surface area contributed by atoms with Crippen LogP contribution in [0, 0.1) is 0 Å². The van der Waals surface area contributed by atoms with Gasteiger partial charge in [0, 0.05) is 15.6 Å². The first-order valence-electron chi connectivity index (χ1n) is 11.7. The van der Waals surface area contributed by atoms with E-state index in [9.17, 15) is 9.59 Å². The maximum Gasteiger partial charge on any atom is 0.348 e. The van der Waals surface area contributed by atoms with Crippen LogP contribution in [0.15, 0.2) is 58.1 Å². The highest BCUT2D eigenvalue weighted by atomic mass is 35.5. The molecule has 0 unspecified atom stereocenters. The van der Waals surface area contributed by atoms with Crippen molar-refractivity contribution < 1.29 is 0 Å². The number of fused-ring (bicyclic) bond motifs is 5.